The maximum Gasteiger partial charge on any atom is 0.124 e. The molecule has 1 saturated heterocycles. The molecule has 1 aliphatic heterocycles. The second-order valence-electron chi connectivity index (χ2n) is 5.45. The van der Waals surface area contributed by atoms with Gasteiger partial charge in [-0.05, 0) is 40.9 Å². The number of ether oxygens (including phenoxy) is 2. The van der Waals surface area contributed by atoms with Gasteiger partial charge in [0.15, 0.2) is 0 Å². The Balaban J connectivity index is 1.62. The Morgan fingerprint density at radius 3 is 3.05 bits per heavy atom. The smallest absolute Gasteiger partial charge is 0.124 e. The first-order valence-corrected chi connectivity index (χ1v) is 8.31. The van der Waals surface area contributed by atoms with Crippen molar-refractivity contribution in [3.05, 3.63) is 51.7 Å². The summed E-state index contributed by atoms with van der Waals surface area (Å²) in [7, 11) is 0. The van der Waals surface area contributed by atoms with Gasteiger partial charge in [0.05, 0.1) is 13.2 Å². The van der Waals surface area contributed by atoms with E-state index in [9.17, 15) is 0 Å². The van der Waals surface area contributed by atoms with Crippen LogP contribution in [0.15, 0.2) is 35.0 Å². The van der Waals surface area contributed by atoms with Gasteiger partial charge in [0.1, 0.15) is 11.9 Å². The fraction of sp³-hybridized carbons (Fsp3) is 0.412. The number of aryl methyl sites for hydroxylation is 1. The average Bonchev–Trinajstić information content (AvgIpc) is 3.14. The largest absolute Gasteiger partial charge is 0.488 e. The van der Waals surface area contributed by atoms with Crippen LogP contribution in [-0.4, -0.2) is 19.3 Å². The van der Waals surface area contributed by atoms with Crippen molar-refractivity contribution >= 4 is 11.3 Å². The molecule has 1 atom stereocenters. The van der Waals surface area contributed by atoms with Crippen LogP contribution in [0, 0.1) is 6.92 Å². The monoisotopic (exact) mass is 303 g/mol. The third-order valence-electron chi connectivity index (χ3n) is 3.63. The average molecular weight is 303 g/mol. The molecule has 0 spiro atoms. The summed E-state index contributed by atoms with van der Waals surface area (Å²) in [5, 5.41) is 7.77. The van der Waals surface area contributed by atoms with Gasteiger partial charge in [-0.25, -0.2) is 0 Å². The highest BCUT2D eigenvalue weighted by atomic mass is 32.1. The second kappa shape index (κ2) is 7.07. The predicted molar refractivity (Wildman–Crippen MR) is 85.9 cm³/mol. The summed E-state index contributed by atoms with van der Waals surface area (Å²) in [5.41, 5.74) is 3.77. The quantitative estimate of drug-likeness (QED) is 0.886. The molecule has 3 nitrogen and oxygen atoms in total. The van der Waals surface area contributed by atoms with Crippen LogP contribution in [0.5, 0.6) is 5.75 Å². The summed E-state index contributed by atoms with van der Waals surface area (Å²) in [5.74, 6) is 0.989. The van der Waals surface area contributed by atoms with Gasteiger partial charge in [-0.2, -0.15) is 11.3 Å². The van der Waals surface area contributed by atoms with Crippen LogP contribution >= 0.6 is 11.3 Å². The Morgan fingerprint density at radius 1 is 1.33 bits per heavy atom. The molecule has 0 saturated carbocycles. The first kappa shape index (κ1) is 14.6. The first-order valence-electron chi connectivity index (χ1n) is 7.37. The van der Waals surface area contributed by atoms with Crippen LogP contribution in [0.3, 0.4) is 0 Å². The summed E-state index contributed by atoms with van der Waals surface area (Å²) in [4.78, 5) is 0. The van der Waals surface area contributed by atoms with Crippen molar-refractivity contribution < 1.29 is 9.47 Å². The minimum absolute atomic E-state index is 0.197. The van der Waals surface area contributed by atoms with Crippen LogP contribution in [0.1, 0.15) is 23.1 Å². The molecule has 0 aliphatic carbocycles. The summed E-state index contributed by atoms with van der Waals surface area (Å²) in [6, 6.07) is 8.57. The van der Waals surface area contributed by atoms with Gasteiger partial charge in [-0.15, -0.1) is 0 Å². The van der Waals surface area contributed by atoms with E-state index in [4.69, 9.17) is 9.47 Å². The van der Waals surface area contributed by atoms with E-state index >= 15 is 0 Å². The van der Waals surface area contributed by atoms with Crippen LogP contribution in [-0.2, 0) is 17.8 Å². The van der Waals surface area contributed by atoms with Crippen LogP contribution < -0.4 is 10.1 Å². The molecule has 1 fully saturated rings. The van der Waals surface area contributed by atoms with Crippen molar-refractivity contribution in [3.63, 3.8) is 0 Å². The zero-order valence-corrected chi connectivity index (χ0v) is 13.1. The van der Waals surface area contributed by atoms with Gasteiger partial charge in [0, 0.05) is 25.1 Å². The van der Waals surface area contributed by atoms with E-state index in [1.807, 2.05) is 0 Å². The van der Waals surface area contributed by atoms with E-state index in [-0.39, 0.29) is 6.10 Å². The summed E-state index contributed by atoms with van der Waals surface area (Å²) < 4.78 is 11.5. The van der Waals surface area contributed by atoms with Crippen molar-refractivity contribution in [3.8, 4) is 5.75 Å². The highest BCUT2D eigenvalue weighted by Crippen LogP contribution is 2.24. The normalized spacial score (nSPS) is 18.0. The Morgan fingerprint density at radius 2 is 2.29 bits per heavy atom. The lowest BCUT2D eigenvalue weighted by molar-refractivity contribution is 0.140. The molecule has 2 aromatic rings. The van der Waals surface area contributed by atoms with E-state index in [0.29, 0.717) is 6.61 Å². The molecule has 112 valence electrons. The van der Waals surface area contributed by atoms with Crippen LogP contribution in [0.4, 0.5) is 0 Å². The number of hydrogen-bond acceptors (Lipinski definition) is 4. The number of benzene rings is 1. The Kier molecular flexibility index (Phi) is 4.91. The zero-order chi connectivity index (χ0) is 14.5. The standard InChI is InChI=1S/C17H21NO2S/c1-13-2-3-15(10-18-9-14-5-7-21-12-14)17(8-13)20-16-4-6-19-11-16/h2-3,5,7-8,12,16,18H,4,6,9-11H2,1H3/t16-/m0/s1. The molecule has 0 unspecified atom stereocenters. The van der Waals surface area contributed by atoms with E-state index < -0.39 is 0 Å². The zero-order valence-electron chi connectivity index (χ0n) is 12.3. The molecular formula is C17H21NO2S. The molecule has 4 heteroatoms. The van der Waals surface area contributed by atoms with Gasteiger partial charge in [0.25, 0.3) is 0 Å². The van der Waals surface area contributed by atoms with Crippen molar-refractivity contribution in [1.82, 2.24) is 5.32 Å². The lowest BCUT2D eigenvalue weighted by atomic mass is 10.1. The third-order valence-corrected chi connectivity index (χ3v) is 4.36. The van der Waals surface area contributed by atoms with Gasteiger partial charge >= 0.3 is 0 Å². The Hall–Kier alpha value is -1.36. The van der Waals surface area contributed by atoms with Crippen LogP contribution in [0.2, 0.25) is 0 Å². The second-order valence-corrected chi connectivity index (χ2v) is 6.23. The molecular weight excluding hydrogens is 282 g/mol. The number of thiophene rings is 1. The highest BCUT2D eigenvalue weighted by molar-refractivity contribution is 7.07. The van der Waals surface area contributed by atoms with Gasteiger partial charge in [0.2, 0.25) is 0 Å². The topological polar surface area (TPSA) is 30.5 Å². The van der Waals surface area contributed by atoms with E-state index in [0.717, 1.165) is 31.9 Å². The predicted octanol–water partition coefficient (Wildman–Crippen LogP) is 3.51. The first-order chi connectivity index (χ1) is 10.3. The number of nitrogens with one attached hydrogen (secondary N) is 1. The summed E-state index contributed by atoms with van der Waals surface area (Å²) in [6.45, 7) is 5.32. The van der Waals surface area contributed by atoms with Crippen molar-refractivity contribution in [2.24, 2.45) is 0 Å². The van der Waals surface area contributed by atoms with E-state index in [2.05, 4.69) is 47.3 Å². The van der Waals surface area contributed by atoms with Gasteiger partial charge < -0.3 is 14.8 Å². The Bertz CT molecular complexity index is 562. The SMILES string of the molecule is Cc1ccc(CNCc2ccsc2)c(O[C@H]2CCOC2)c1. The van der Waals surface area contributed by atoms with E-state index in [1.165, 1.54) is 16.7 Å². The molecule has 0 bridgehead atoms. The lowest BCUT2D eigenvalue weighted by Gasteiger charge is -2.16. The minimum Gasteiger partial charge on any atom is -0.488 e. The Labute approximate surface area is 129 Å². The van der Waals surface area contributed by atoms with Gasteiger partial charge in [-0.1, -0.05) is 12.1 Å². The molecule has 3 rings (SSSR count). The molecule has 21 heavy (non-hydrogen) atoms. The third kappa shape index (κ3) is 4.06. The fourth-order valence-corrected chi connectivity index (χ4v) is 3.11. The number of rotatable bonds is 6. The van der Waals surface area contributed by atoms with Crippen molar-refractivity contribution in [2.45, 2.75) is 32.5 Å². The van der Waals surface area contributed by atoms with Crippen molar-refractivity contribution in [1.29, 1.82) is 0 Å². The molecule has 1 aliphatic rings. The summed E-state index contributed by atoms with van der Waals surface area (Å²) >= 11 is 1.73. The molecule has 2 heterocycles. The molecule has 0 radical (unpaired) electrons. The summed E-state index contributed by atoms with van der Waals surface area (Å²) in [6.07, 6.45) is 1.18. The van der Waals surface area contributed by atoms with E-state index in [1.54, 1.807) is 11.3 Å². The minimum atomic E-state index is 0.197. The number of hydrogen-bond donors (Lipinski definition) is 1. The molecule has 1 aromatic heterocycles. The molecule has 1 N–H and O–H groups in total. The van der Waals surface area contributed by atoms with Crippen molar-refractivity contribution in [2.75, 3.05) is 13.2 Å². The highest BCUT2D eigenvalue weighted by Gasteiger charge is 2.18. The maximum absolute atomic E-state index is 6.11. The molecule has 0 amide bonds. The fourth-order valence-electron chi connectivity index (χ4n) is 2.44. The van der Waals surface area contributed by atoms with Gasteiger partial charge in [-0.3, -0.25) is 0 Å². The molecule has 1 aromatic carbocycles. The maximum atomic E-state index is 6.11. The lowest BCUT2D eigenvalue weighted by Crippen LogP contribution is -2.18. The van der Waals surface area contributed by atoms with Crippen LogP contribution in [0.25, 0.3) is 0 Å².